The molecule has 0 aromatic carbocycles. The molecule has 0 aromatic heterocycles. The maximum atomic E-state index is 10.7. The molecule has 5 heteroatoms. The molecule has 20 heavy (non-hydrogen) atoms. The molecule has 0 amide bonds. The van der Waals surface area contributed by atoms with Crippen LogP contribution in [0.25, 0.3) is 0 Å². The van der Waals surface area contributed by atoms with Crippen molar-refractivity contribution in [1.29, 1.82) is 0 Å². The SMILES string of the molecule is C[C@@]12[C@H](O)C[C@@H](O[C@@H]3C=C(CO)CC[C@@]31CO)C21CO1. The van der Waals surface area contributed by atoms with E-state index in [1.165, 1.54) is 0 Å². The van der Waals surface area contributed by atoms with Crippen LogP contribution in [0.5, 0.6) is 0 Å². The Hall–Kier alpha value is -0.460. The predicted octanol–water partition coefficient (Wildman–Crippen LogP) is -0.0151. The van der Waals surface area contributed by atoms with Crippen LogP contribution in [0.1, 0.15) is 26.2 Å². The summed E-state index contributed by atoms with van der Waals surface area (Å²) in [5, 5.41) is 30.2. The smallest absolute Gasteiger partial charge is 0.126 e. The van der Waals surface area contributed by atoms with Crippen LogP contribution < -0.4 is 0 Å². The fourth-order valence-electron chi connectivity index (χ4n) is 5.08. The standard InChI is InChI=1S/C15H22O5/c1-13-10(18)5-12(15(13)8-19-15)20-11-4-9(6-16)2-3-14(11,13)7-17/h4,10-12,16-18H,2-3,5-8H2,1H3/t10-,11-,12-,13-,14-,15?/m1/s1. The lowest BCUT2D eigenvalue weighted by Gasteiger charge is -2.58. The molecule has 1 spiro atoms. The molecule has 112 valence electrons. The van der Waals surface area contributed by atoms with E-state index in [-0.39, 0.29) is 25.4 Å². The van der Waals surface area contributed by atoms with Crippen LogP contribution in [0.3, 0.4) is 0 Å². The topological polar surface area (TPSA) is 82.5 Å². The van der Waals surface area contributed by atoms with Gasteiger partial charge in [-0.1, -0.05) is 13.0 Å². The Morgan fingerprint density at radius 2 is 2.15 bits per heavy atom. The van der Waals surface area contributed by atoms with Gasteiger partial charge in [-0.2, -0.15) is 0 Å². The van der Waals surface area contributed by atoms with Gasteiger partial charge in [0.25, 0.3) is 0 Å². The minimum atomic E-state index is -0.519. The number of hydrogen-bond donors (Lipinski definition) is 3. The fourth-order valence-corrected chi connectivity index (χ4v) is 5.08. The number of epoxide rings is 1. The molecule has 5 nitrogen and oxygen atoms in total. The number of rotatable bonds is 2. The zero-order valence-electron chi connectivity index (χ0n) is 11.7. The molecule has 2 aliphatic carbocycles. The molecule has 6 atom stereocenters. The summed E-state index contributed by atoms with van der Waals surface area (Å²) in [6.07, 6.45) is 3.10. The van der Waals surface area contributed by atoms with Crippen molar-refractivity contribution < 1.29 is 24.8 Å². The Balaban J connectivity index is 1.85. The van der Waals surface area contributed by atoms with Gasteiger partial charge in [0, 0.05) is 17.3 Å². The highest BCUT2D eigenvalue weighted by atomic mass is 16.6. The van der Waals surface area contributed by atoms with E-state index in [0.717, 1.165) is 12.0 Å². The van der Waals surface area contributed by atoms with Crippen molar-refractivity contribution in [3.63, 3.8) is 0 Å². The molecule has 4 rings (SSSR count). The third-order valence-electron chi connectivity index (χ3n) is 6.61. The molecule has 4 aliphatic rings. The second-order valence-corrected chi connectivity index (χ2v) is 6.97. The number of fused-ring (bicyclic) bond motifs is 2. The van der Waals surface area contributed by atoms with Crippen LogP contribution in [-0.2, 0) is 9.47 Å². The summed E-state index contributed by atoms with van der Waals surface area (Å²) in [5.74, 6) is 0. The Morgan fingerprint density at radius 1 is 1.40 bits per heavy atom. The molecule has 3 fully saturated rings. The highest BCUT2D eigenvalue weighted by Crippen LogP contribution is 2.71. The van der Waals surface area contributed by atoms with Crippen molar-refractivity contribution in [3.05, 3.63) is 11.6 Å². The first-order valence-corrected chi connectivity index (χ1v) is 7.43. The maximum absolute atomic E-state index is 10.7. The van der Waals surface area contributed by atoms with Gasteiger partial charge in [0.05, 0.1) is 38.1 Å². The van der Waals surface area contributed by atoms with Gasteiger partial charge in [0.2, 0.25) is 0 Å². The average Bonchev–Trinajstić information content (AvgIpc) is 3.23. The zero-order chi connectivity index (χ0) is 14.2. The van der Waals surface area contributed by atoms with Crippen LogP contribution in [0.15, 0.2) is 11.6 Å². The van der Waals surface area contributed by atoms with Crippen molar-refractivity contribution >= 4 is 0 Å². The minimum absolute atomic E-state index is 0.0295. The number of aliphatic hydroxyl groups is 3. The van der Waals surface area contributed by atoms with Gasteiger partial charge in [-0.05, 0) is 18.4 Å². The molecule has 1 unspecified atom stereocenters. The summed E-state index contributed by atoms with van der Waals surface area (Å²) in [5.41, 5.74) is -0.464. The molecule has 1 saturated carbocycles. The van der Waals surface area contributed by atoms with E-state index < -0.39 is 22.5 Å². The monoisotopic (exact) mass is 282 g/mol. The maximum Gasteiger partial charge on any atom is 0.126 e. The lowest BCUT2D eigenvalue weighted by molar-refractivity contribution is -0.225. The van der Waals surface area contributed by atoms with Crippen LogP contribution in [0.4, 0.5) is 0 Å². The summed E-state index contributed by atoms with van der Waals surface area (Å²) in [4.78, 5) is 0. The van der Waals surface area contributed by atoms with Crippen LogP contribution in [0, 0.1) is 10.8 Å². The highest BCUT2D eigenvalue weighted by Gasteiger charge is 2.81. The first-order chi connectivity index (χ1) is 9.54. The molecule has 2 saturated heterocycles. The second-order valence-electron chi connectivity index (χ2n) is 6.97. The fraction of sp³-hybridized carbons (Fsp3) is 0.867. The van der Waals surface area contributed by atoms with Crippen molar-refractivity contribution in [3.8, 4) is 0 Å². The van der Waals surface area contributed by atoms with Crippen molar-refractivity contribution in [2.45, 2.75) is 50.1 Å². The number of ether oxygens (including phenoxy) is 2. The van der Waals surface area contributed by atoms with E-state index in [4.69, 9.17) is 9.47 Å². The third kappa shape index (κ3) is 1.19. The van der Waals surface area contributed by atoms with Gasteiger partial charge in [-0.3, -0.25) is 0 Å². The molecule has 0 aromatic rings. The summed E-state index contributed by atoms with van der Waals surface area (Å²) in [6, 6.07) is 0. The molecule has 3 N–H and O–H groups in total. The summed E-state index contributed by atoms with van der Waals surface area (Å²) in [6.45, 7) is 2.66. The Bertz CT molecular complexity index is 471. The van der Waals surface area contributed by atoms with E-state index in [0.29, 0.717) is 19.4 Å². The summed E-state index contributed by atoms with van der Waals surface area (Å²) < 4.78 is 11.9. The Kier molecular flexibility index (Phi) is 2.54. The minimum Gasteiger partial charge on any atom is -0.396 e. The van der Waals surface area contributed by atoms with E-state index in [1.807, 2.05) is 13.0 Å². The molecular weight excluding hydrogens is 260 g/mol. The average molecular weight is 282 g/mol. The quantitative estimate of drug-likeness (QED) is 0.490. The molecule has 2 heterocycles. The zero-order valence-corrected chi connectivity index (χ0v) is 11.7. The van der Waals surface area contributed by atoms with Crippen LogP contribution in [-0.4, -0.2) is 59.1 Å². The largest absolute Gasteiger partial charge is 0.396 e. The van der Waals surface area contributed by atoms with Crippen molar-refractivity contribution in [1.82, 2.24) is 0 Å². The van der Waals surface area contributed by atoms with Crippen LogP contribution in [0.2, 0.25) is 0 Å². The molecule has 2 aliphatic heterocycles. The number of aliphatic hydroxyl groups excluding tert-OH is 3. The third-order valence-corrected chi connectivity index (χ3v) is 6.61. The lowest BCUT2D eigenvalue weighted by Crippen LogP contribution is -2.66. The van der Waals surface area contributed by atoms with E-state index in [2.05, 4.69) is 0 Å². The summed E-state index contributed by atoms with van der Waals surface area (Å²) >= 11 is 0. The van der Waals surface area contributed by atoms with Crippen molar-refractivity contribution in [2.24, 2.45) is 10.8 Å². The highest BCUT2D eigenvalue weighted by molar-refractivity contribution is 5.32. The normalized spacial score (nSPS) is 56.6. The predicted molar refractivity (Wildman–Crippen MR) is 70.0 cm³/mol. The lowest BCUT2D eigenvalue weighted by atomic mass is 9.51. The van der Waals surface area contributed by atoms with Gasteiger partial charge in [-0.15, -0.1) is 0 Å². The van der Waals surface area contributed by atoms with E-state index in [9.17, 15) is 15.3 Å². The van der Waals surface area contributed by atoms with Gasteiger partial charge >= 0.3 is 0 Å². The van der Waals surface area contributed by atoms with Gasteiger partial charge in [0.15, 0.2) is 0 Å². The number of hydrogen-bond acceptors (Lipinski definition) is 5. The van der Waals surface area contributed by atoms with E-state index >= 15 is 0 Å². The van der Waals surface area contributed by atoms with Crippen molar-refractivity contribution in [2.75, 3.05) is 19.8 Å². The first kappa shape index (κ1) is 13.2. The Morgan fingerprint density at radius 3 is 2.75 bits per heavy atom. The van der Waals surface area contributed by atoms with Gasteiger partial charge in [-0.25, -0.2) is 0 Å². The van der Waals surface area contributed by atoms with Crippen LogP contribution >= 0.6 is 0 Å². The van der Waals surface area contributed by atoms with Gasteiger partial charge in [0.1, 0.15) is 5.60 Å². The van der Waals surface area contributed by atoms with E-state index in [1.54, 1.807) is 0 Å². The summed E-state index contributed by atoms with van der Waals surface area (Å²) in [7, 11) is 0. The van der Waals surface area contributed by atoms with Gasteiger partial charge < -0.3 is 24.8 Å². The molecule has 2 bridgehead atoms. The molecular formula is C15H22O5. The Labute approximate surface area is 118 Å². The second kappa shape index (κ2) is 3.84. The molecule has 0 radical (unpaired) electrons. The first-order valence-electron chi connectivity index (χ1n) is 7.43.